The van der Waals surface area contributed by atoms with E-state index in [4.69, 9.17) is 5.10 Å². The minimum absolute atomic E-state index is 0.0153. The van der Waals surface area contributed by atoms with Crippen LogP contribution in [0.5, 0.6) is 0 Å². The minimum atomic E-state index is -0.0153. The number of nitrogens with zero attached hydrogens (tertiary/aromatic N) is 3. The van der Waals surface area contributed by atoms with E-state index in [2.05, 4.69) is 26.7 Å². The second kappa shape index (κ2) is 8.34. The van der Waals surface area contributed by atoms with E-state index >= 15 is 0 Å². The van der Waals surface area contributed by atoms with Crippen LogP contribution < -0.4 is 5.32 Å². The first-order valence-corrected chi connectivity index (χ1v) is 11.5. The van der Waals surface area contributed by atoms with Crippen molar-refractivity contribution in [3.63, 3.8) is 0 Å². The van der Waals surface area contributed by atoms with Gasteiger partial charge in [-0.25, -0.2) is 0 Å². The lowest BCUT2D eigenvalue weighted by molar-refractivity contribution is 0.0955. The van der Waals surface area contributed by atoms with E-state index in [1.807, 2.05) is 0 Å². The molecule has 0 radical (unpaired) electrons. The fraction of sp³-hybridized carbons (Fsp3) is 0.800. The summed E-state index contributed by atoms with van der Waals surface area (Å²) in [7, 11) is 1.72. The third kappa shape index (κ3) is 3.81. The fourth-order valence-corrected chi connectivity index (χ4v) is 5.92. The first kappa shape index (κ1) is 18.4. The number of carbonyl (C=O) groups excluding carboxylic acids is 1. The standard InChI is InChI=1S/C20H32N4OS/c1-21-20(25)19-17-13-16(23-9-11-26-12-10-23)7-8-18(17)24(22-19)14-15-5-3-2-4-6-15/h15-16H,2-14H2,1H3,(H,21,25)/t16-/m1/s1. The normalized spacial score (nSPS) is 25.0. The largest absolute Gasteiger partial charge is 0.354 e. The summed E-state index contributed by atoms with van der Waals surface area (Å²) in [5.74, 6) is 3.21. The van der Waals surface area contributed by atoms with Crippen LogP contribution in [0.3, 0.4) is 0 Å². The summed E-state index contributed by atoms with van der Waals surface area (Å²) in [4.78, 5) is 15.1. The fourth-order valence-electron chi connectivity index (χ4n) is 4.99. The number of carbonyl (C=O) groups is 1. The summed E-state index contributed by atoms with van der Waals surface area (Å²) in [6.07, 6.45) is 10.00. The molecular formula is C20H32N4OS. The second-order valence-corrected chi connectivity index (χ2v) is 9.31. The number of thioether (sulfide) groups is 1. The number of hydrogen-bond donors (Lipinski definition) is 1. The zero-order valence-electron chi connectivity index (χ0n) is 16.0. The van der Waals surface area contributed by atoms with Crippen LogP contribution in [-0.4, -0.2) is 58.3 Å². The molecule has 1 atom stereocenters. The van der Waals surface area contributed by atoms with Gasteiger partial charge in [0, 0.05) is 55.5 Å². The van der Waals surface area contributed by atoms with E-state index in [9.17, 15) is 4.79 Å². The summed E-state index contributed by atoms with van der Waals surface area (Å²) in [5, 5.41) is 7.63. The van der Waals surface area contributed by atoms with Crippen molar-refractivity contribution in [2.24, 2.45) is 5.92 Å². The van der Waals surface area contributed by atoms with Crippen LogP contribution in [0.1, 0.15) is 60.3 Å². The summed E-state index contributed by atoms with van der Waals surface area (Å²) in [6, 6.07) is 0.583. The maximum absolute atomic E-state index is 12.5. The van der Waals surface area contributed by atoms with Crippen molar-refractivity contribution in [3.8, 4) is 0 Å². The third-order valence-corrected chi connectivity index (χ3v) is 7.42. The molecule has 1 aromatic heterocycles. The van der Waals surface area contributed by atoms with Crippen LogP contribution in [0.4, 0.5) is 0 Å². The molecule has 1 saturated carbocycles. The van der Waals surface area contributed by atoms with Gasteiger partial charge < -0.3 is 5.32 Å². The van der Waals surface area contributed by atoms with Crippen LogP contribution in [0, 0.1) is 5.92 Å². The predicted molar refractivity (Wildman–Crippen MR) is 107 cm³/mol. The van der Waals surface area contributed by atoms with E-state index in [0.717, 1.165) is 25.3 Å². The van der Waals surface area contributed by atoms with Crippen molar-refractivity contribution in [2.75, 3.05) is 31.6 Å². The molecule has 2 heterocycles. The number of hydrogen-bond acceptors (Lipinski definition) is 4. The Bertz CT molecular complexity index is 632. The van der Waals surface area contributed by atoms with Crippen molar-refractivity contribution < 1.29 is 4.79 Å². The lowest BCUT2D eigenvalue weighted by atomic mass is 9.88. The van der Waals surface area contributed by atoms with Gasteiger partial charge in [-0.1, -0.05) is 19.3 Å². The lowest BCUT2D eigenvalue weighted by Gasteiger charge is -2.36. The molecule has 1 saturated heterocycles. The third-order valence-electron chi connectivity index (χ3n) is 6.48. The molecule has 3 aliphatic rings. The molecule has 1 aliphatic heterocycles. The van der Waals surface area contributed by atoms with Crippen molar-refractivity contribution in [1.82, 2.24) is 20.0 Å². The van der Waals surface area contributed by atoms with E-state index in [1.54, 1.807) is 7.05 Å². The average Bonchev–Trinajstić information content (AvgIpc) is 3.06. The predicted octanol–water partition coefficient (Wildman–Crippen LogP) is 2.73. The molecule has 1 amide bonds. The molecule has 26 heavy (non-hydrogen) atoms. The van der Waals surface area contributed by atoms with Gasteiger partial charge in [-0.15, -0.1) is 0 Å². The smallest absolute Gasteiger partial charge is 0.271 e. The van der Waals surface area contributed by atoms with Gasteiger partial charge in [0.15, 0.2) is 5.69 Å². The molecule has 1 aromatic rings. The topological polar surface area (TPSA) is 50.2 Å². The number of rotatable bonds is 4. The van der Waals surface area contributed by atoms with Crippen molar-refractivity contribution in [2.45, 2.75) is 64.0 Å². The summed E-state index contributed by atoms with van der Waals surface area (Å²) >= 11 is 2.06. The highest BCUT2D eigenvalue weighted by Gasteiger charge is 2.32. The molecule has 4 rings (SSSR count). The number of aromatic nitrogens is 2. The number of nitrogens with one attached hydrogen (secondary N) is 1. The number of amides is 1. The summed E-state index contributed by atoms with van der Waals surface area (Å²) in [5.41, 5.74) is 3.26. The Hall–Kier alpha value is -1.01. The van der Waals surface area contributed by atoms with Gasteiger partial charge in [0.1, 0.15) is 0 Å². The van der Waals surface area contributed by atoms with Crippen LogP contribution in [0.2, 0.25) is 0 Å². The van der Waals surface area contributed by atoms with Crippen LogP contribution >= 0.6 is 11.8 Å². The second-order valence-electron chi connectivity index (χ2n) is 8.08. The van der Waals surface area contributed by atoms with Crippen LogP contribution in [-0.2, 0) is 19.4 Å². The quantitative estimate of drug-likeness (QED) is 0.878. The molecule has 144 valence electrons. The van der Waals surface area contributed by atoms with Gasteiger partial charge >= 0.3 is 0 Å². The molecule has 0 bridgehead atoms. The molecule has 0 spiro atoms. The Balaban J connectivity index is 1.56. The van der Waals surface area contributed by atoms with E-state index in [-0.39, 0.29) is 5.91 Å². The Morgan fingerprint density at radius 1 is 1.19 bits per heavy atom. The molecular weight excluding hydrogens is 344 g/mol. The van der Waals surface area contributed by atoms with E-state index in [0.29, 0.717) is 11.7 Å². The van der Waals surface area contributed by atoms with Crippen molar-refractivity contribution in [3.05, 3.63) is 17.0 Å². The van der Waals surface area contributed by atoms with Gasteiger partial charge in [0.05, 0.1) is 0 Å². The monoisotopic (exact) mass is 376 g/mol. The van der Waals surface area contributed by atoms with E-state index in [1.165, 1.54) is 74.4 Å². The van der Waals surface area contributed by atoms with Gasteiger partial charge in [0.2, 0.25) is 0 Å². The van der Waals surface area contributed by atoms with Gasteiger partial charge in [-0.05, 0) is 38.0 Å². The summed E-state index contributed by atoms with van der Waals surface area (Å²) < 4.78 is 2.21. The Kier molecular flexibility index (Phi) is 5.89. The minimum Gasteiger partial charge on any atom is -0.354 e. The van der Waals surface area contributed by atoms with Crippen LogP contribution in [0.15, 0.2) is 0 Å². The van der Waals surface area contributed by atoms with Gasteiger partial charge in [-0.2, -0.15) is 16.9 Å². The molecule has 0 aromatic carbocycles. The SMILES string of the molecule is CNC(=O)c1nn(CC2CCCCC2)c2c1C[C@H](N1CCSCC1)CC2. The summed E-state index contributed by atoms with van der Waals surface area (Å²) in [6.45, 7) is 3.39. The maximum Gasteiger partial charge on any atom is 0.271 e. The average molecular weight is 377 g/mol. The zero-order valence-corrected chi connectivity index (χ0v) is 16.8. The molecule has 6 heteroatoms. The van der Waals surface area contributed by atoms with E-state index < -0.39 is 0 Å². The van der Waals surface area contributed by atoms with Gasteiger partial charge in [0.25, 0.3) is 5.91 Å². The highest BCUT2D eigenvalue weighted by molar-refractivity contribution is 7.99. The molecule has 2 fully saturated rings. The highest BCUT2D eigenvalue weighted by atomic mass is 32.2. The highest BCUT2D eigenvalue weighted by Crippen LogP contribution is 2.31. The molecule has 1 N–H and O–H groups in total. The van der Waals surface area contributed by atoms with Gasteiger partial charge in [-0.3, -0.25) is 14.4 Å². The maximum atomic E-state index is 12.5. The van der Waals surface area contributed by atoms with Crippen molar-refractivity contribution >= 4 is 17.7 Å². The molecule has 5 nitrogen and oxygen atoms in total. The lowest BCUT2D eigenvalue weighted by Crippen LogP contribution is -2.44. The Morgan fingerprint density at radius 2 is 1.96 bits per heavy atom. The van der Waals surface area contributed by atoms with Crippen molar-refractivity contribution in [1.29, 1.82) is 0 Å². The zero-order chi connectivity index (χ0) is 17.9. The first-order valence-electron chi connectivity index (χ1n) is 10.4. The number of fused-ring (bicyclic) bond motifs is 1. The molecule has 2 aliphatic carbocycles. The first-order chi connectivity index (χ1) is 12.8. The molecule has 0 unspecified atom stereocenters. The Labute approximate surface area is 161 Å². The van der Waals surface area contributed by atoms with Crippen LogP contribution in [0.25, 0.3) is 0 Å². The Morgan fingerprint density at radius 3 is 2.69 bits per heavy atom.